The lowest BCUT2D eigenvalue weighted by Gasteiger charge is -2.35. The van der Waals surface area contributed by atoms with Crippen molar-refractivity contribution in [3.8, 4) is 0 Å². The van der Waals surface area contributed by atoms with Crippen molar-refractivity contribution in [3.05, 3.63) is 35.9 Å². The van der Waals surface area contributed by atoms with E-state index in [-0.39, 0.29) is 12.6 Å². The number of nitrogens with one attached hydrogen (secondary N) is 1. The summed E-state index contributed by atoms with van der Waals surface area (Å²) in [5, 5.41) is 12.2. The summed E-state index contributed by atoms with van der Waals surface area (Å²) < 4.78 is 0. The Bertz CT molecular complexity index is 367. The topological polar surface area (TPSA) is 52.6 Å². The van der Waals surface area contributed by atoms with Gasteiger partial charge in [-0.05, 0) is 12.0 Å². The molecule has 0 amide bonds. The van der Waals surface area contributed by atoms with E-state index >= 15 is 0 Å². The fraction of sp³-hybridized carbons (Fsp3) is 0.462. The monoisotopic (exact) mass is 234 g/mol. The minimum Gasteiger partial charge on any atom is -0.480 e. The first-order valence-electron chi connectivity index (χ1n) is 5.96. The van der Waals surface area contributed by atoms with Crippen molar-refractivity contribution in [3.63, 3.8) is 0 Å². The van der Waals surface area contributed by atoms with E-state index in [9.17, 15) is 4.79 Å². The van der Waals surface area contributed by atoms with Crippen LogP contribution in [0.1, 0.15) is 5.56 Å². The van der Waals surface area contributed by atoms with E-state index in [1.807, 2.05) is 23.1 Å². The maximum atomic E-state index is 10.8. The van der Waals surface area contributed by atoms with Gasteiger partial charge < -0.3 is 10.4 Å². The second kappa shape index (κ2) is 5.80. The fourth-order valence-electron chi connectivity index (χ4n) is 2.27. The predicted molar refractivity (Wildman–Crippen MR) is 66.0 cm³/mol. The van der Waals surface area contributed by atoms with E-state index in [1.54, 1.807) is 0 Å². The van der Waals surface area contributed by atoms with Crippen LogP contribution in [0.3, 0.4) is 0 Å². The fourth-order valence-corrected chi connectivity index (χ4v) is 2.27. The average molecular weight is 234 g/mol. The van der Waals surface area contributed by atoms with Gasteiger partial charge in [-0.3, -0.25) is 9.69 Å². The quantitative estimate of drug-likeness (QED) is 0.800. The Kier molecular flexibility index (Phi) is 4.12. The molecule has 92 valence electrons. The molecule has 1 atom stereocenters. The maximum absolute atomic E-state index is 10.8. The van der Waals surface area contributed by atoms with Crippen molar-refractivity contribution in [2.45, 2.75) is 12.5 Å². The minimum atomic E-state index is -0.745. The van der Waals surface area contributed by atoms with Crippen molar-refractivity contribution in [1.29, 1.82) is 0 Å². The normalized spacial score (nSPS) is 21.3. The van der Waals surface area contributed by atoms with Crippen LogP contribution in [0, 0.1) is 0 Å². The van der Waals surface area contributed by atoms with Gasteiger partial charge in [-0.1, -0.05) is 30.3 Å². The Morgan fingerprint density at radius 2 is 2.18 bits per heavy atom. The smallest absolute Gasteiger partial charge is 0.317 e. The highest BCUT2D eigenvalue weighted by molar-refractivity contribution is 5.69. The summed E-state index contributed by atoms with van der Waals surface area (Å²) >= 11 is 0. The predicted octanol–water partition coefficient (Wildman–Crippen LogP) is 0.588. The molecule has 1 fully saturated rings. The molecule has 0 aliphatic carbocycles. The number of carbonyl (C=O) groups is 1. The van der Waals surface area contributed by atoms with Gasteiger partial charge in [-0.2, -0.15) is 0 Å². The van der Waals surface area contributed by atoms with E-state index in [2.05, 4.69) is 17.4 Å². The first kappa shape index (κ1) is 12.1. The number of aliphatic carboxylic acids is 1. The Morgan fingerprint density at radius 1 is 1.41 bits per heavy atom. The Balaban J connectivity index is 1.99. The number of carboxylic acid groups (broad SMARTS) is 1. The van der Waals surface area contributed by atoms with Gasteiger partial charge in [0.1, 0.15) is 0 Å². The summed E-state index contributed by atoms with van der Waals surface area (Å²) in [6.45, 7) is 2.68. The van der Waals surface area contributed by atoms with Gasteiger partial charge in [0.2, 0.25) is 0 Å². The average Bonchev–Trinajstić information content (AvgIpc) is 2.32. The summed E-state index contributed by atoms with van der Waals surface area (Å²) in [5.74, 6) is -0.745. The molecule has 1 heterocycles. The first-order valence-corrected chi connectivity index (χ1v) is 5.96. The lowest BCUT2D eigenvalue weighted by molar-refractivity contribution is -0.139. The molecular weight excluding hydrogens is 216 g/mol. The van der Waals surface area contributed by atoms with Crippen molar-refractivity contribution in [2.24, 2.45) is 0 Å². The molecule has 1 aromatic carbocycles. The third-order valence-electron chi connectivity index (χ3n) is 3.12. The molecule has 1 saturated heterocycles. The van der Waals surface area contributed by atoms with Gasteiger partial charge in [0, 0.05) is 25.7 Å². The van der Waals surface area contributed by atoms with Gasteiger partial charge >= 0.3 is 5.97 Å². The molecule has 2 N–H and O–H groups in total. The van der Waals surface area contributed by atoms with Crippen LogP contribution >= 0.6 is 0 Å². The van der Waals surface area contributed by atoms with Crippen molar-refractivity contribution in [1.82, 2.24) is 10.2 Å². The Labute approximate surface area is 101 Å². The molecular formula is C13H18N2O2. The van der Waals surface area contributed by atoms with Crippen LogP contribution in [-0.2, 0) is 11.2 Å². The van der Waals surface area contributed by atoms with E-state index in [4.69, 9.17) is 5.11 Å². The largest absolute Gasteiger partial charge is 0.480 e. The summed E-state index contributed by atoms with van der Waals surface area (Å²) in [6, 6.07) is 10.5. The van der Waals surface area contributed by atoms with Crippen LogP contribution in [0.5, 0.6) is 0 Å². The number of benzene rings is 1. The van der Waals surface area contributed by atoms with Crippen molar-refractivity contribution in [2.75, 3.05) is 26.2 Å². The van der Waals surface area contributed by atoms with Gasteiger partial charge in [0.15, 0.2) is 0 Å². The van der Waals surface area contributed by atoms with E-state index in [0.29, 0.717) is 0 Å². The molecule has 4 heteroatoms. The number of hydrogen-bond acceptors (Lipinski definition) is 3. The number of carboxylic acids is 1. The number of nitrogens with zero attached hydrogens (tertiary/aromatic N) is 1. The Morgan fingerprint density at radius 3 is 2.88 bits per heavy atom. The second-order valence-corrected chi connectivity index (χ2v) is 4.41. The molecule has 1 aromatic rings. The molecule has 2 rings (SSSR count). The molecule has 0 bridgehead atoms. The third kappa shape index (κ3) is 3.54. The first-order chi connectivity index (χ1) is 8.25. The summed E-state index contributed by atoms with van der Waals surface area (Å²) in [4.78, 5) is 12.9. The SMILES string of the molecule is O=C(O)CN1CCNCC1Cc1ccccc1. The van der Waals surface area contributed by atoms with Crippen LogP contribution < -0.4 is 5.32 Å². The van der Waals surface area contributed by atoms with Crippen LogP contribution in [0.25, 0.3) is 0 Å². The van der Waals surface area contributed by atoms with Crippen molar-refractivity contribution < 1.29 is 9.90 Å². The molecule has 1 unspecified atom stereocenters. The zero-order valence-corrected chi connectivity index (χ0v) is 9.80. The molecule has 0 aromatic heterocycles. The highest BCUT2D eigenvalue weighted by Gasteiger charge is 2.23. The van der Waals surface area contributed by atoms with Crippen molar-refractivity contribution >= 4 is 5.97 Å². The summed E-state index contributed by atoms with van der Waals surface area (Å²) in [5.41, 5.74) is 1.26. The lowest BCUT2D eigenvalue weighted by Crippen LogP contribution is -2.53. The van der Waals surface area contributed by atoms with Crippen LogP contribution in [0.15, 0.2) is 30.3 Å². The van der Waals surface area contributed by atoms with Gasteiger partial charge in [-0.25, -0.2) is 0 Å². The maximum Gasteiger partial charge on any atom is 0.317 e. The van der Waals surface area contributed by atoms with Crippen LogP contribution in [-0.4, -0.2) is 48.2 Å². The standard InChI is InChI=1S/C13H18N2O2/c16-13(17)10-15-7-6-14-9-12(15)8-11-4-2-1-3-5-11/h1-5,12,14H,6-10H2,(H,16,17). The third-order valence-corrected chi connectivity index (χ3v) is 3.12. The van der Waals surface area contributed by atoms with E-state index < -0.39 is 5.97 Å². The highest BCUT2D eigenvalue weighted by Crippen LogP contribution is 2.10. The Hall–Kier alpha value is -1.39. The van der Waals surface area contributed by atoms with E-state index in [1.165, 1.54) is 5.56 Å². The van der Waals surface area contributed by atoms with Gasteiger partial charge in [0.25, 0.3) is 0 Å². The zero-order chi connectivity index (χ0) is 12.1. The zero-order valence-electron chi connectivity index (χ0n) is 9.80. The molecule has 1 aliphatic heterocycles. The molecule has 1 aliphatic rings. The second-order valence-electron chi connectivity index (χ2n) is 4.41. The number of hydrogen-bond donors (Lipinski definition) is 2. The lowest BCUT2D eigenvalue weighted by atomic mass is 10.0. The summed E-state index contributed by atoms with van der Waals surface area (Å²) in [6.07, 6.45) is 0.904. The number of rotatable bonds is 4. The highest BCUT2D eigenvalue weighted by atomic mass is 16.4. The van der Waals surface area contributed by atoms with Gasteiger partial charge in [0.05, 0.1) is 6.54 Å². The van der Waals surface area contributed by atoms with Crippen LogP contribution in [0.2, 0.25) is 0 Å². The molecule has 0 radical (unpaired) electrons. The minimum absolute atomic E-state index is 0.138. The molecule has 0 spiro atoms. The summed E-state index contributed by atoms with van der Waals surface area (Å²) in [7, 11) is 0. The molecule has 0 saturated carbocycles. The van der Waals surface area contributed by atoms with Gasteiger partial charge in [-0.15, -0.1) is 0 Å². The van der Waals surface area contributed by atoms with E-state index in [0.717, 1.165) is 26.1 Å². The molecule has 17 heavy (non-hydrogen) atoms. The number of piperazine rings is 1. The van der Waals surface area contributed by atoms with Crippen LogP contribution in [0.4, 0.5) is 0 Å². The molecule has 4 nitrogen and oxygen atoms in total.